The Morgan fingerprint density at radius 2 is 1.12 bits per heavy atom. The average molecular weight is 361 g/mol. The molecule has 0 aromatic rings. The molecule has 0 aliphatic heterocycles. The minimum absolute atomic E-state index is 0.671. The lowest BCUT2D eigenvalue weighted by molar-refractivity contribution is 0.0706. The maximum Gasteiger partial charge on any atom is 0.500 e. The van der Waals surface area contributed by atoms with Gasteiger partial charge in [-0.25, -0.2) is 0 Å². The number of ether oxygens (including phenoxy) is 1. The smallest absolute Gasteiger partial charge is 0.500 e. The Morgan fingerprint density at radius 1 is 0.667 bits per heavy atom. The molecule has 5 heteroatoms. The van der Waals surface area contributed by atoms with E-state index in [4.69, 9.17) is 18.0 Å². The van der Waals surface area contributed by atoms with Crippen molar-refractivity contribution in [2.75, 3.05) is 26.4 Å². The van der Waals surface area contributed by atoms with E-state index in [0.29, 0.717) is 19.8 Å². The van der Waals surface area contributed by atoms with Crippen molar-refractivity contribution in [2.45, 2.75) is 85.1 Å². The van der Waals surface area contributed by atoms with Gasteiger partial charge in [0.25, 0.3) is 0 Å². The van der Waals surface area contributed by atoms with Gasteiger partial charge in [0.1, 0.15) is 0 Å². The SMILES string of the molecule is CC=COCCCCCCCCCC[Si](OCC)(OCC)OCC. The van der Waals surface area contributed by atoms with E-state index in [2.05, 4.69) is 0 Å². The minimum Gasteiger partial charge on any atom is -0.502 e. The molecule has 0 saturated heterocycles. The summed E-state index contributed by atoms with van der Waals surface area (Å²) in [7, 11) is -2.41. The first-order valence-electron chi connectivity index (χ1n) is 9.89. The Balaban J connectivity index is 3.64. The predicted octanol–water partition coefficient (Wildman–Crippen LogP) is 5.71. The van der Waals surface area contributed by atoms with Crippen molar-refractivity contribution in [3.05, 3.63) is 12.3 Å². The second-order valence-electron chi connectivity index (χ2n) is 5.90. The monoisotopic (exact) mass is 360 g/mol. The largest absolute Gasteiger partial charge is 0.502 e. The molecule has 0 saturated carbocycles. The molecule has 0 aromatic heterocycles. The molecule has 0 spiro atoms. The molecule has 0 radical (unpaired) electrons. The van der Waals surface area contributed by atoms with Crippen LogP contribution in [0.15, 0.2) is 12.3 Å². The van der Waals surface area contributed by atoms with Crippen LogP contribution in [-0.4, -0.2) is 35.2 Å². The molecule has 4 nitrogen and oxygen atoms in total. The van der Waals surface area contributed by atoms with E-state index in [0.717, 1.165) is 25.5 Å². The van der Waals surface area contributed by atoms with E-state index in [-0.39, 0.29) is 0 Å². The van der Waals surface area contributed by atoms with E-state index in [1.54, 1.807) is 6.26 Å². The van der Waals surface area contributed by atoms with Gasteiger partial charge in [-0.15, -0.1) is 0 Å². The van der Waals surface area contributed by atoms with Gasteiger partial charge in [-0.3, -0.25) is 0 Å². The molecule has 0 amide bonds. The van der Waals surface area contributed by atoms with Gasteiger partial charge in [-0.1, -0.05) is 44.6 Å². The van der Waals surface area contributed by atoms with E-state index in [1.807, 2.05) is 33.8 Å². The van der Waals surface area contributed by atoms with Crippen LogP contribution in [0.2, 0.25) is 6.04 Å². The molecule has 0 bridgehead atoms. The normalized spacial score (nSPS) is 12.2. The topological polar surface area (TPSA) is 36.9 Å². The standard InChI is InChI=1S/C19H40O4Si/c1-5-17-20-18-15-13-11-9-10-12-14-16-19-24(21-6-2,22-7-3)23-8-4/h5,17H,6-16,18-19H2,1-4H3. The van der Waals surface area contributed by atoms with Gasteiger partial charge >= 0.3 is 8.80 Å². The third kappa shape index (κ3) is 13.0. The van der Waals surface area contributed by atoms with Crippen molar-refractivity contribution >= 4 is 8.80 Å². The van der Waals surface area contributed by atoms with Crippen molar-refractivity contribution < 1.29 is 18.0 Å². The lowest BCUT2D eigenvalue weighted by Gasteiger charge is -2.28. The second-order valence-corrected chi connectivity index (χ2v) is 8.63. The van der Waals surface area contributed by atoms with E-state index < -0.39 is 8.80 Å². The first-order chi connectivity index (χ1) is 11.7. The lowest BCUT2D eigenvalue weighted by Crippen LogP contribution is -2.45. The van der Waals surface area contributed by atoms with Gasteiger partial charge in [-0.2, -0.15) is 0 Å². The fourth-order valence-electron chi connectivity index (χ4n) is 2.75. The van der Waals surface area contributed by atoms with Crippen LogP contribution in [-0.2, 0) is 18.0 Å². The zero-order chi connectivity index (χ0) is 17.9. The summed E-state index contributed by atoms with van der Waals surface area (Å²) in [6.45, 7) is 10.9. The van der Waals surface area contributed by atoms with Crippen LogP contribution in [0.5, 0.6) is 0 Å². The fourth-order valence-corrected chi connectivity index (χ4v) is 5.44. The maximum absolute atomic E-state index is 5.89. The van der Waals surface area contributed by atoms with Crippen molar-refractivity contribution in [3.8, 4) is 0 Å². The van der Waals surface area contributed by atoms with Crippen LogP contribution < -0.4 is 0 Å². The second kappa shape index (κ2) is 17.5. The molecular weight excluding hydrogens is 320 g/mol. The molecule has 0 fully saturated rings. The van der Waals surface area contributed by atoms with E-state index in [9.17, 15) is 0 Å². The quantitative estimate of drug-likeness (QED) is 0.178. The van der Waals surface area contributed by atoms with Gasteiger partial charge in [-0.05, 0) is 40.5 Å². The minimum atomic E-state index is -2.41. The van der Waals surface area contributed by atoms with Crippen LogP contribution in [0, 0.1) is 0 Å². The zero-order valence-electron chi connectivity index (χ0n) is 16.5. The number of rotatable bonds is 18. The molecule has 0 aliphatic rings. The van der Waals surface area contributed by atoms with Crippen LogP contribution in [0.4, 0.5) is 0 Å². The van der Waals surface area contributed by atoms with Crippen LogP contribution in [0.3, 0.4) is 0 Å². The summed E-state index contributed by atoms with van der Waals surface area (Å²) in [5.74, 6) is 0. The number of allylic oxidation sites excluding steroid dienone is 1. The van der Waals surface area contributed by atoms with Gasteiger partial charge < -0.3 is 18.0 Å². The summed E-state index contributed by atoms with van der Waals surface area (Å²) in [6, 6.07) is 0.949. The summed E-state index contributed by atoms with van der Waals surface area (Å²) < 4.78 is 23.0. The molecular formula is C19H40O4Si. The summed E-state index contributed by atoms with van der Waals surface area (Å²) in [5, 5.41) is 0. The maximum atomic E-state index is 5.89. The van der Waals surface area contributed by atoms with Crippen LogP contribution in [0.25, 0.3) is 0 Å². The average Bonchev–Trinajstić information content (AvgIpc) is 2.56. The van der Waals surface area contributed by atoms with E-state index in [1.165, 1.54) is 38.5 Å². The highest BCUT2D eigenvalue weighted by Crippen LogP contribution is 2.20. The van der Waals surface area contributed by atoms with Crippen molar-refractivity contribution in [3.63, 3.8) is 0 Å². The Labute approximate surface area is 151 Å². The van der Waals surface area contributed by atoms with E-state index >= 15 is 0 Å². The van der Waals surface area contributed by atoms with Crippen molar-refractivity contribution in [1.29, 1.82) is 0 Å². The highest BCUT2D eigenvalue weighted by atomic mass is 28.4. The Bertz CT molecular complexity index is 268. The molecule has 0 aromatic carbocycles. The zero-order valence-corrected chi connectivity index (χ0v) is 17.5. The van der Waals surface area contributed by atoms with Gasteiger partial charge in [0.05, 0.1) is 12.9 Å². The molecule has 0 unspecified atom stereocenters. The number of hydrogen-bond donors (Lipinski definition) is 0. The Kier molecular flexibility index (Phi) is 17.2. The molecule has 0 heterocycles. The van der Waals surface area contributed by atoms with Crippen LogP contribution in [0.1, 0.15) is 79.1 Å². The first-order valence-corrected chi connectivity index (χ1v) is 11.8. The summed E-state index contributed by atoms with van der Waals surface area (Å²) in [5.41, 5.74) is 0. The van der Waals surface area contributed by atoms with Gasteiger partial charge in [0.15, 0.2) is 0 Å². The fraction of sp³-hybridized carbons (Fsp3) is 0.895. The highest BCUT2D eigenvalue weighted by Gasteiger charge is 2.39. The molecule has 0 rings (SSSR count). The van der Waals surface area contributed by atoms with Gasteiger partial charge in [0, 0.05) is 25.9 Å². The van der Waals surface area contributed by atoms with Crippen LogP contribution >= 0.6 is 0 Å². The number of hydrogen-bond acceptors (Lipinski definition) is 4. The van der Waals surface area contributed by atoms with Crippen molar-refractivity contribution in [2.24, 2.45) is 0 Å². The lowest BCUT2D eigenvalue weighted by atomic mass is 10.1. The van der Waals surface area contributed by atoms with Crippen molar-refractivity contribution in [1.82, 2.24) is 0 Å². The summed E-state index contributed by atoms with van der Waals surface area (Å²) >= 11 is 0. The molecule has 0 N–H and O–H groups in total. The molecule has 0 atom stereocenters. The predicted molar refractivity (Wildman–Crippen MR) is 103 cm³/mol. The number of unbranched alkanes of at least 4 members (excludes halogenated alkanes) is 7. The Morgan fingerprint density at radius 3 is 1.58 bits per heavy atom. The molecule has 144 valence electrons. The summed E-state index contributed by atoms with van der Waals surface area (Å²) in [6.07, 6.45) is 13.8. The molecule has 0 aliphatic carbocycles. The van der Waals surface area contributed by atoms with Gasteiger partial charge in [0.2, 0.25) is 0 Å². The molecule has 24 heavy (non-hydrogen) atoms. The first kappa shape index (κ1) is 23.6. The summed E-state index contributed by atoms with van der Waals surface area (Å²) in [4.78, 5) is 0. The highest BCUT2D eigenvalue weighted by molar-refractivity contribution is 6.60. The third-order valence-electron chi connectivity index (χ3n) is 3.82. The third-order valence-corrected chi connectivity index (χ3v) is 6.97. The Hall–Kier alpha value is -0.363.